The van der Waals surface area contributed by atoms with Gasteiger partial charge in [0.1, 0.15) is 0 Å². The number of rotatable bonds is 3. The molecule has 2 aromatic heterocycles. The second kappa shape index (κ2) is 6.98. The van der Waals surface area contributed by atoms with Gasteiger partial charge in [-0.1, -0.05) is 17.7 Å². The molecular formula is C21H21ClN4S. The third-order valence-corrected chi connectivity index (χ3v) is 5.90. The van der Waals surface area contributed by atoms with Crippen molar-refractivity contribution in [2.45, 2.75) is 25.9 Å². The molecule has 27 heavy (non-hydrogen) atoms. The summed E-state index contributed by atoms with van der Waals surface area (Å²) in [5.41, 5.74) is 5.68. The second-order valence-electron chi connectivity index (χ2n) is 6.86. The van der Waals surface area contributed by atoms with Crippen molar-refractivity contribution in [3.8, 4) is 0 Å². The Bertz CT molecular complexity index is 981. The van der Waals surface area contributed by atoms with Gasteiger partial charge in [0, 0.05) is 35.3 Å². The fourth-order valence-electron chi connectivity index (χ4n) is 3.73. The predicted molar refractivity (Wildman–Crippen MR) is 114 cm³/mol. The van der Waals surface area contributed by atoms with Gasteiger partial charge in [0.2, 0.25) is 0 Å². The first-order valence-electron chi connectivity index (χ1n) is 8.86. The molecular weight excluding hydrogens is 376 g/mol. The van der Waals surface area contributed by atoms with Crippen LogP contribution in [0, 0.1) is 13.8 Å². The number of hydrogen-bond acceptors (Lipinski definition) is 2. The zero-order valence-electron chi connectivity index (χ0n) is 15.5. The molecule has 0 unspecified atom stereocenters. The second-order valence-corrected chi connectivity index (χ2v) is 7.68. The van der Waals surface area contributed by atoms with E-state index in [1.54, 1.807) is 0 Å². The lowest BCUT2D eigenvalue weighted by Crippen LogP contribution is -2.29. The van der Waals surface area contributed by atoms with Gasteiger partial charge in [-0.2, -0.15) is 0 Å². The van der Waals surface area contributed by atoms with Crippen LogP contribution in [-0.4, -0.2) is 14.7 Å². The monoisotopic (exact) mass is 396 g/mol. The van der Waals surface area contributed by atoms with Gasteiger partial charge < -0.3 is 14.8 Å². The quantitative estimate of drug-likeness (QED) is 0.640. The lowest BCUT2D eigenvalue weighted by atomic mass is 9.96. The number of nitrogens with one attached hydrogen (secondary N) is 1. The van der Waals surface area contributed by atoms with Crippen molar-refractivity contribution in [1.82, 2.24) is 14.9 Å². The molecule has 1 aliphatic rings. The van der Waals surface area contributed by atoms with Crippen molar-refractivity contribution in [3.63, 3.8) is 0 Å². The molecule has 1 N–H and O–H groups in total. The summed E-state index contributed by atoms with van der Waals surface area (Å²) in [7, 11) is 2.09. The van der Waals surface area contributed by atoms with Gasteiger partial charge in [-0.25, -0.2) is 0 Å². The van der Waals surface area contributed by atoms with E-state index in [0.29, 0.717) is 10.1 Å². The van der Waals surface area contributed by atoms with Crippen molar-refractivity contribution >= 4 is 34.6 Å². The molecule has 0 bridgehead atoms. The van der Waals surface area contributed by atoms with Crippen LogP contribution >= 0.6 is 23.8 Å². The first kappa shape index (κ1) is 18.0. The van der Waals surface area contributed by atoms with Crippen LogP contribution in [0.15, 0.2) is 54.7 Å². The van der Waals surface area contributed by atoms with Crippen LogP contribution in [0.25, 0.3) is 0 Å². The van der Waals surface area contributed by atoms with E-state index in [1.165, 1.54) is 17.0 Å². The van der Waals surface area contributed by atoms with Gasteiger partial charge in [0.05, 0.1) is 17.8 Å². The minimum Gasteiger partial charge on any atom is -0.352 e. The molecule has 0 aliphatic carbocycles. The summed E-state index contributed by atoms with van der Waals surface area (Å²) < 4.78 is 2.21. The van der Waals surface area contributed by atoms with E-state index in [0.717, 1.165) is 11.4 Å². The molecule has 0 spiro atoms. The van der Waals surface area contributed by atoms with E-state index < -0.39 is 0 Å². The summed E-state index contributed by atoms with van der Waals surface area (Å²) in [5, 5.41) is 4.89. The number of hydrogen-bond donors (Lipinski definition) is 1. The maximum absolute atomic E-state index is 6.10. The van der Waals surface area contributed by atoms with E-state index >= 15 is 0 Å². The molecule has 138 valence electrons. The molecule has 4 rings (SSSR count). The van der Waals surface area contributed by atoms with Crippen LogP contribution in [0.3, 0.4) is 0 Å². The molecule has 1 saturated heterocycles. The minimum atomic E-state index is -0.0325. The highest BCUT2D eigenvalue weighted by Crippen LogP contribution is 2.43. The molecule has 1 aromatic carbocycles. The van der Waals surface area contributed by atoms with Crippen molar-refractivity contribution in [3.05, 3.63) is 82.4 Å². The average Bonchev–Trinajstić information content (AvgIpc) is 3.14. The summed E-state index contributed by atoms with van der Waals surface area (Å²) in [6.07, 6.45) is 1.82. The molecule has 0 amide bonds. The topological polar surface area (TPSA) is 33.1 Å². The van der Waals surface area contributed by atoms with Crippen LogP contribution in [0.4, 0.5) is 5.69 Å². The van der Waals surface area contributed by atoms with Crippen molar-refractivity contribution in [1.29, 1.82) is 0 Å². The van der Waals surface area contributed by atoms with Gasteiger partial charge in [0.25, 0.3) is 0 Å². The van der Waals surface area contributed by atoms with Crippen LogP contribution in [0.5, 0.6) is 0 Å². The Kier molecular flexibility index (Phi) is 4.66. The maximum atomic E-state index is 6.10. The number of nitrogens with zero attached hydrogens (tertiary/aromatic N) is 3. The number of thiocarbonyl (C=S) groups is 1. The fourth-order valence-corrected chi connectivity index (χ4v) is 4.21. The third-order valence-electron chi connectivity index (χ3n) is 5.34. The maximum Gasteiger partial charge on any atom is 0.174 e. The SMILES string of the molecule is Cc1cc([C@@H]2[C@@H](c3ccccn3)NC(=S)N2c2ccc(Cl)cc2)c(C)n1C. The first-order chi connectivity index (χ1) is 13.0. The van der Waals surface area contributed by atoms with Crippen molar-refractivity contribution < 1.29 is 0 Å². The van der Waals surface area contributed by atoms with E-state index in [4.69, 9.17) is 23.8 Å². The highest BCUT2D eigenvalue weighted by Gasteiger charge is 2.42. The highest BCUT2D eigenvalue weighted by molar-refractivity contribution is 7.80. The number of pyridine rings is 1. The molecule has 0 saturated carbocycles. The summed E-state index contributed by atoms with van der Waals surface area (Å²) in [6, 6.07) is 16.0. The Morgan fingerprint density at radius 1 is 1.11 bits per heavy atom. The Balaban J connectivity index is 1.87. The van der Waals surface area contributed by atoms with Gasteiger partial charge in [0.15, 0.2) is 5.11 Å². The normalized spacial score (nSPS) is 19.4. The van der Waals surface area contributed by atoms with Gasteiger partial charge in [-0.3, -0.25) is 4.98 Å². The zero-order chi connectivity index (χ0) is 19.1. The summed E-state index contributed by atoms with van der Waals surface area (Å²) >= 11 is 11.8. The number of aromatic nitrogens is 2. The average molecular weight is 397 g/mol. The lowest BCUT2D eigenvalue weighted by Gasteiger charge is -2.28. The molecule has 2 atom stereocenters. The van der Waals surface area contributed by atoms with Crippen LogP contribution in [0.1, 0.15) is 34.7 Å². The smallest absolute Gasteiger partial charge is 0.174 e. The van der Waals surface area contributed by atoms with Crippen LogP contribution in [0.2, 0.25) is 5.02 Å². The largest absolute Gasteiger partial charge is 0.352 e. The molecule has 3 heterocycles. The molecule has 1 fully saturated rings. The van der Waals surface area contributed by atoms with E-state index in [-0.39, 0.29) is 12.1 Å². The number of anilines is 1. The van der Waals surface area contributed by atoms with Crippen molar-refractivity contribution in [2.24, 2.45) is 7.05 Å². The molecule has 6 heteroatoms. The fraction of sp³-hybridized carbons (Fsp3) is 0.238. The van der Waals surface area contributed by atoms with Crippen LogP contribution in [-0.2, 0) is 7.05 Å². The van der Waals surface area contributed by atoms with Gasteiger partial charge >= 0.3 is 0 Å². The summed E-state index contributed by atoms with van der Waals surface area (Å²) in [4.78, 5) is 6.77. The van der Waals surface area contributed by atoms with Crippen LogP contribution < -0.4 is 10.2 Å². The number of halogens is 1. The number of benzene rings is 1. The summed E-state index contributed by atoms with van der Waals surface area (Å²) in [6.45, 7) is 4.28. The molecule has 4 nitrogen and oxygen atoms in total. The first-order valence-corrected chi connectivity index (χ1v) is 9.65. The summed E-state index contributed by atoms with van der Waals surface area (Å²) in [5.74, 6) is 0. The van der Waals surface area contributed by atoms with Crippen molar-refractivity contribution in [2.75, 3.05) is 4.90 Å². The van der Waals surface area contributed by atoms with E-state index in [2.05, 4.69) is 46.7 Å². The zero-order valence-corrected chi connectivity index (χ0v) is 17.1. The standard InChI is InChI=1S/C21H21ClN4S/c1-13-12-17(14(2)25(13)3)20-19(18-6-4-5-11-23-18)24-21(27)26(20)16-9-7-15(22)8-10-16/h4-12,19-20H,1-3H3,(H,24,27)/t19-,20-/m1/s1. The highest BCUT2D eigenvalue weighted by atomic mass is 35.5. The predicted octanol–water partition coefficient (Wildman–Crippen LogP) is 4.87. The minimum absolute atomic E-state index is 0.00785. The number of aryl methyl sites for hydroxylation is 1. The van der Waals surface area contributed by atoms with E-state index in [1.807, 2.05) is 48.7 Å². The molecule has 1 aliphatic heterocycles. The lowest BCUT2D eigenvalue weighted by molar-refractivity contribution is 0.564. The molecule has 3 aromatic rings. The third kappa shape index (κ3) is 3.11. The van der Waals surface area contributed by atoms with Gasteiger partial charge in [-0.15, -0.1) is 0 Å². The Hall–Kier alpha value is -2.37. The Morgan fingerprint density at radius 2 is 1.85 bits per heavy atom. The Labute approximate surface area is 169 Å². The Morgan fingerprint density at radius 3 is 2.44 bits per heavy atom. The van der Waals surface area contributed by atoms with E-state index in [9.17, 15) is 0 Å². The van der Waals surface area contributed by atoms with Gasteiger partial charge in [-0.05, 0) is 74.1 Å². The molecule has 0 radical (unpaired) electrons.